The summed E-state index contributed by atoms with van der Waals surface area (Å²) in [7, 11) is 0. The van der Waals surface area contributed by atoms with Crippen molar-refractivity contribution < 1.29 is 28.6 Å². The molecule has 6 nitrogen and oxygen atoms in total. The molecule has 354 valence electrons. The number of ether oxygens (including phenoxy) is 3. The number of rotatable bonds is 47. The Morgan fingerprint density at radius 3 is 1.00 bits per heavy atom. The fraction of sp³-hybridized carbons (Fsp3) is 0.800. The monoisotopic (exact) mass is 855 g/mol. The lowest BCUT2D eigenvalue weighted by molar-refractivity contribution is -0.167. The summed E-state index contributed by atoms with van der Waals surface area (Å²) in [4.78, 5) is 37.9. The number of hydrogen-bond acceptors (Lipinski definition) is 6. The molecule has 0 aliphatic carbocycles. The highest BCUT2D eigenvalue weighted by Crippen LogP contribution is 2.14. The van der Waals surface area contributed by atoms with E-state index in [0.29, 0.717) is 19.3 Å². The van der Waals surface area contributed by atoms with E-state index in [1.165, 1.54) is 135 Å². The molecule has 0 saturated heterocycles. The molecule has 61 heavy (non-hydrogen) atoms. The highest BCUT2D eigenvalue weighted by molar-refractivity contribution is 5.71. The summed E-state index contributed by atoms with van der Waals surface area (Å²) in [5.74, 6) is -0.905. The molecule has 1 atom stereocenters. The zero-order valence-corrected chi connectivity index (χ0v) is 40.4. The largest absolute Gasteiger partial charge is 0.462 e. The lowest BCUT2D eigenvalue weighted by Gasteiger charge is -2.18. The van der Waals surface area contributed by atoms with E-state index in [0.717, 1.165) is 89.9 Å². The Morgan fingerprint density at radius 2 is 0.607 bits per heavy atom. The first-order valence-electron chi connectivity index (χ1n) is 26.1. The number of esters is 3. The SMILES string of the molecule is CCCC/C=C\C/C=C\CCCCCCCC(=O)OC(COC(=O)CCCCCCC/C=C\CCCCC)COC(=O)CCCCCCCCC/C=C\CCCCCCCC. The maximum absolute atomic E-state index is 12.8. The van der Waals surface area contributed by atoms with Crippen LogP contribution in [0.25, 0.3) is 0 Å². The Kier molecular flexibility index (Phi) is 47.9. The molecule has 1 unspecified atom stereocenters. The third kappa shape index (κ3) is 48.3. The molecule has 0 saturated carbocycles. The molecule has 0 aliphatic heterocycles. The summed E-state index contributed by atoms with van der Waals surface area (Å²) in [6.45, 7) is 6.56. The van der Waals surface area contributed by atoms with E-state index in [4.69, 9.17) is 14.2 Å². The van der Waals surface area contributed by atoms with Gasteiger partial charge in [-0.3, -0.25) is 14.4 Å². The van der Waals surface area contributed by atoms with Crippen LogP contribution in [0.15, 0.2) is 48.6 Å². The summed E-state index contributed by atoms with van der Waals surface area (Å²) < 4.78 is 16.8. The van der Waals surface area contributed by atoms with E-state index in [9.17, 15) is 14.4 Å². The zero-order valence-electron chi connectivity index (χ0n) is 40.4. The minimum Gasteiger partial charge on any atom is -0.462 e. The van der Waals surface area contributed by atoms with E-state index in [1.807, 2.05) is 0 Å². The minimum absolute atomic E-state index is 0.0830. The predicted octanol–water partition coefficient (Wildman–Crippen LogP) is 17.1. The Labute approximate surface area is 378 Å². The first kappa shape index (κ1) is 58.4. The quantitative estimate of drug-likeness (QED) is 0.0263. The lowest BCUT2D eigenvalue weighted by Crippen LogP contribution is -2.30. The Morgan fingerprint density at radius 1 is 0.328 bits per heavy atom. The van der Waals surface area contributed by atoms with Crippen molar-refractivity contribution in [2.24, 2.45) is 0 Å². The molecular formula is C55H98O6. The van der Waals surface area contributed by atoms with E-state index < -0.39 is 6.10 Å². The molecule has 0 aromatic heterocycles. The van der Waals surface area contributed by atoms with Gasteiger partial charge in [-0.2, -0.15) is 0 Å². The molecule has 0 amide bonds. The lowest BCUT2D eigenvalue weighted by atomic mass is 10.1. The van der Waals surface area contributed by atoms with Crippen molar-refractivity contribution in [1.29, 1.82) is 0 Å². The van der Waals surface area contributed by atoms with Crippen molar-refractivity contribution in [3.8, 4) is 0 Å². The van der Waals surface area contributed by atoms with Gasteiger partial charge in [0.15, 0.2) is 6.10 Å². The molecule has 0 aromatic carbocycles. The normalized spacial score (nSPS) is 12.4. The molecule has 0 aliphatic rings. The van der Waals surface area contributed by atoms with Gasteiger partial charge in [0.05, 0.1) is 0 Å². The van der Waals surface area contributed by atoms with Crippen molar-refractivity contribution >= 4 is 17.9 Å². The first-order valence-corrected chi connectivity index (χ1v) is 26.1. The van der Waals surface area contributed by atoms with Crippen LogP contribution >= 0.6 is 0 Å². The van der Waals surface area contributed by atoms with Gasteiger partial charge >= 0.3 is 17.9 Å². The second kappa shape index (κ2) is 50.0. The van der Waals surface area contributed by atoms with E-state index in [-0.39, 0.29) is 31.1 Å². The van der Waals surface area contributed by atoms with Gasteiger partial charge in [0.2, 0.25) is 0 Å². The average Bonchev–Trinajstić information content (AvgIpc) is 3.26. The molecule has 0 spiro atoms. The minimum atomic E-state index is -0.783. The first-order chi connectivity index (χ1) is 30.0. The van der Waals surface area contributed by atoms with Gasteiger partial charge in [0, 0.05) is 19.3 Å². The van der Waals surface area contributed by atoms with Crippen LogP contribution in [0.2, 0.25) is 0 Å². The molecule has 0 bridgehead atoms. The zero-order chi connectivity index (χ0) is 44.4. The third-order valence-corrected chi connectivity index (χ3v) is 11.3. The molecule has 0 fully saturated rings. The number of allylic oxidation sites excluding steroid dienone is 8. The summed E-state index contributed by atoms with van der Waals surface area (Å²) in [6.07, 6.45) is 59.5. The van der Waals surface area contributed by atoms with E-state index in [2.05, 4.69) is 69.4 Å². The molecular weight excluding hydrogens is 757 g/mol. The van der Waals surface area contributed by atoms with Gasteiger partial charge in [0.25, 0.3) is 0 Å². The number of carbonyl (C=O) groups excluding carboxylic acids is 3. The number of hydrogen-bond donors (Lipinski definition) is 0. The molecule has 0 aromatic rings. The predicted molar refractivity (Wildman–Crippen MR) is 261 cm³/mol. The number of carbonyl (C=O) groups is 3. The summed E-state index contributed by atoms with van der Waals surface area (Å²) in [5.41, 5.74) is 0. The smallest absolute Gasteiger partial charge is 0.306 e. The topological polar surface area (TPSA) is 78.9 Å². The Balaban J connectivity index is 4.38. The second-order valence-electron chi connectivity index (χ2n) is 17.4. The van der Waals surface area contributed by atoms with Crippen LogP contribution in [0.3, 0.4) is 0 Å². The molecule has 0 heterocycles. The van der Waals surface area contributed by atoms with Crippen LogP contribution in [-0.2, 0) is 28.6 Å². The van der Waals surface area contributed by atoms with E-state index in [1.54, 1.807) is 0 Å². The Hall–Kier alpha value is -2.63. The van der Waals surface area contributed by atoms with Crippen molar-refractivity contribution in [2.45, 2.75) is 271 Å². The van der Waals surface area contributed by atoms with Crippen LogP contribution in [0.4, 0.5) is 0 Å². The summed E-state index contributed by atoms with van der Waals surface area (Å²) in [5, 5.41) is 0. The fourth-order valence-corrected chi connectivity index (χ4v) is 7.27. The van der Waals surface area contributed by atoms with Gasteiger partial charge in [-0.25, -0.2) is 0 Å². The van der Waals surface area contributed by atoms with Crippen molar-refractivity contribution in [1.82, 2.24) is 0 Å². The van der Waals surface area contributed by atoms with Crippen molar-refractivity contribution in [3.05, 3.63) is 48.6 Å². The average molecular weight is 855 g/mol. The van der Waals surface area contributed by atoms with Gasteiger partial charge in [-0.05, 0) is 96.3 Å². The standard InChI is InChI=1S/C55H98O6/c1-4-7-10-13-16-19-22-25-27-28-29-31-33-36-39-42-45-48-54(57)60-51-52(50-59-53(56)47-44-41-38-35-32-24-21-18-15-12-9-6-3)61-55(58)49-46-43-40-37-34-30-26-23-20-17-14-11-8-5-2/h14,17-18,21,23,25-27,52H,4-13,15-16,19-20,22,24,28-51H2,1-3H3/b17-14-,21-18-,26-23-,27-25-. The van der Waals surface area contributed by atoms with Crippen LogP contribution in [0.5, 0.6) is 0 Å². The molecule has 6 heteroatoms. The van der Waals surface area contributed by atoms with Crippen molar-refractivity contribution in [2.75, 3.05) is 13.2 Å². The van der Waals surface area contributed by atoms with Gasteiger partial charge in [-0.1, -0.05) is 198 Å². The highest BCUT2D eigenvalue weighted by Gasteiger charge is 2.19. The van der Waals surface area contributed by atoms with Crippen LogP contribution in [0, 0.1) is 0 Å². The summed E-state index contributed by atoms with van der Waals surface area (Å²) >= 11 is 0. The third-order valence-electron chi connectivity index (χ3n) is 11.3. The van der Waals surface area contributed by atoms with Crippen LogP contribution < -0.4 is 0 Å². The second-order valence-corrected chi connectivity index (χ2v) is 17.4. The molecule has 0 radical (unpaired) electrons. The highest BCUT2D eigenvalue weighted by atomic mass is 16.6. The fourth-order valence-electron chi connectivity index (χ4n) is 7.27. The molecule has 0 N–H and O–H groups in total. The number of unbranched alkanes of at least 4 members (excludes halogenated alkanes) is 28. The Bertz CT molecular complexity index is 1070. The van der Waals surface area contributed by atoms with Crippen molar-refractivity contribution in [3.63, 3.8) is 0 Å². The van der Waals surface area contributed by atoms with Crippen LogP contribution in [-0.4, -0.2) is 37.2 Å². The molecule has 0 rings (SSSR count). The van der Waals surface area contributed by atoms with Crippen LogP contribution in [0.1, 0.15) is 265 Å². The van der Waals surface area contributed by atoms with Gasteiger partial charge < -0.3 is 14.2 Å². The van der Waals surface area contributed by atoms with Gasteiger partial charge in [-0.15, -0.1) is 0 Å². The maximum Gasteiger partial charge on any atom is 0.306 e. The summed E-state index contributed by atoms with van der Waals surface area (Å²) in [6, 6.07) is 0. The van der Waals surface area contributed by atoms with E-state index >= 15 is 0 Å². The van der Waals surface area contributed by atoms with Gasteiger partial charge in [0.1, 0.15) is 13.2 Å². The maximum atomic E-state index is 12.8.